The Kier molecular flexibility index (Phi) is 6.16. The lowest BCUT2D eigenvalue weighted by atomic mass is 9.82. The van der Waals surface area contributed by atoms with Gasteiger partial charge in [0.05, 0.1) is 16.0 Å². The SMILES string of the molecule is CC(C)(C)C(CS)COc1c(Br)cc(Cl)cc1[N+](=O)[O-]. The van der Waals surface area contributed by atoms with E-state index >= 15 is 0 Å². The van der Waals surface area contributed by atoms with Crippen LogP contribution < -0.4 is 4.74 Å². The van der Waals surface area contributed by atoms with E-state index in [0.29, 0.717) is 16.8 Å². The van der Waals surface area contributed by atoms with Crippen LogP contribution in [0.1, 0.15) is 20.8 Å². The molecule has 0 bridgehead atoms. The van der Waals surface area contributed by atoms with Crippen LogP contribution in [0.5, 0.6) is 5.75 Å². The average molecular weight is 383 g/mol. The van der Waals surface area contributed by atoms with Gasteiger partial charge in [0.1, 0.15) is 0 Å². The summed E-state index contributed by atoms with van der Waals surface area (Å²) in [6.07, 6.45) is 0. The molecule has 0 aliphatic heterocycles. The first kappa shape index (κ1) is 17.6. The van der Waals surface area contributed by atoms with Gasteiger partial charge in [-0.15, -0.1) is 0 Å². The zero-order valence-electron chi connectivity index (χ0n) is 11.5. The van der Waals surface area contributed by atoms with Gasteiger partial charge < -0.3 is 4.74 Å². The van der Waals surface area contributed by atoms with Crippen molar-refractivity contribution in [3.8, 4) is 5.75 Å². The van der Waals surface area contributed by atoms with Crippen molar-refractivity contribution in [3.05, 3.63) is 31.7 Å². The number of halogens is 2. The Bertz CT molecular complexity index is 505. The summed E-state index contributed by atoms with van der Waals surface area (Å²) in [6.45, 7) is 6.61. The number of nitro benzene ring substituents is 1. The summed E-state index contributed by atoms with van der Waals surface area (Å²) >= 11 is 13.4. The predicted octanol–water partition coefficient (Wildman–Crippen LogP) is 4.98. The molecule has 0 N–H and O–H groups in total. The maximum atomic E-state index is 11.1. The maximum Gasteiger partial charge on any atom is 0.313 e. The molecule has 7 heteroatoms. The van der Waals surface area contributed by atoms with E-state index in [4.69, 9.17) is 16.3 Å². The number of hydrogen-bond donors (Lipinski definition) is 1. The van der Waals surface area contributed by atoms with Gasteiger partial charge in [-0.05, 0) is 33.2 Å². The Morgan fingerprint density at radius 3 is 2.55 bits per heavy atom. The molecule has 1 unspecified atom stereocenters. The Balaban J connectivity index is 3.01. The minimum atomic E-state index is -0.501. The van der Waals surface area contributed by atoms with Crippen LogP contribution in [0.2, 0.25) is 5.02 Å². The molecule has 1 aromatic rings. The molecule has 0 saturated heterocycles. The first-order valence-electron chi connectivity index (χ1n) is 6.04. The van der Waals surface area contributed by atoms with Crippen molar-refractivity contribution in [3.63, 3.8) is 0 Å². The second-order valence-corrected chi connectivity index (χ2v) is 7.21. The number of ether oxygens (including phenoxy) is 1. The third kappa shape index (κ3) is 4.53. The fraction of sp³-hybridized carbons (Fsp3) is 0.538. The topological polar surface area (TPSA) is 52.4 Å². The predicted molar refractivity (Wildman–Crippen MR) is 88.1 cm³/mol. The zero-order valence-corrected chi connectivity index (χ0v) is 14.8. The molecule has 0 saturated carbocycles. The number of benzene rings is 1. The number of hydrogen-bond acceptors (Lipinski definition) is 4. The summed E-state index contributed by atoms with van der Waals surface area (Å²) < 4.78 is 6.14. The highest BCUT2D eigenvalue weighted by Crippen LogP contribution is 2.39. The molecule has 0 spiro atoms. The van der Waals surface area contributed by atoms with E-state index in [9.17, 15) is 10.1 Å². The quantitative estimate of drug-likeness (QED) is 0.444. The molecule has 0 amide bonds. The van der Waals surface area contributed by atoms with Gasteiger partial charge in [0.15, 0.2) is 0 Å². The lowest BCUT2D eigenvalue weighted by molar-refractivity contribution is -0.386. The largest absolute Gasteiger partial charge is 0.486 e. The summed E-state index contributed by atoms with van der Waals surface area (Å²) in [7, 11) is 0. The van der Waals surface area contributed by atoms with E-state index < -0.39 is 4.92 Å². The average Bonchev–Trinajstić information content (AvgIpc) is 2.29. The summed E-state index contributed by atoms with van der Waals surface area (Å²) in [5.74, 6) is 1.02. The van der Waals surface area contributed by atoms with Crippen molar-refractivity contribution >= 4 is 45.8 Å². The highest BCUT2D eigenvalue weighted by Gasteiger charge is 2.26. The Labute approximate surface area is 137 Å². The van der Waals surface area contributed by atoms with E-state index in [1.165, 1.54) is 6.07 Å². The maximum absolute atomic E-state index is 11.1. The highest BCUT2D eigenvalue weighted by molar-refractivity contribution is 9.10. The van der Waals surface area contributed by atoms with Crippen molar-refractivity contribution < 1.29 is 9.66 Å². The lowest BCUT2D eigenvalue weighted by Crippen LogP contribution is -2.28. The van der Waals surface area contributed by atoms with Crippen molar-refractivity contribution in [2.75, 3.05) is 12.4 Å². The van der Waals surface area contributed by atoms with Crippen LogP contribution in [0.4, 0.5) is 5.69 Å². The van der Waals surface area contributed by atoms with Crippen molar-refractivity contribution in [1.29, 1.82) is 0 Å². The van der Waals surface area contributed by atoms with Gasteiger partial charge in [0.2, 0.25) is 5.75 Å². The third-order valence-electron chi connectivity index (χ3n) is 3.06. The van der Waals surface area contributed by atoms with Crippen LogP contribution in [-0.2, 0) is 0 Å². The van der Waals surface area contributed by atoms with Gasteiger partial charge >= 0.3 is 5.69 Å². The lowest BCUT2D eigenvalue weighted by Gasteiger charge is -2.29. The van der Waals surface area contributed by atoms with Gasteiger partial charge in [0.25, 0.3) is 0 Å². The highest BCUT2D eigenvalue weighted by atomic mass is 79.9. The minimum absolute atomic E-state index is 0.00936. The van der Waals surface area contributed by atoms with Crippen LogP contribution in [0.15, 0.2) is 16.6 Å². The molecule has 0 heterocycles. The number of thiol groups is 1. The van der Waals surface area contributed by atoms with Gasteiger partial charge in [-0.1, -0.05) is 32.4 Å². The summed E-state index contributed by atoms with van der Waals surface area (Å²) in [5, 5.41) is 11.4. The second-order valence-electron chi connectivity index (χ2n) is 5.55. The standard InChI is InChI=1S/C13H17BrClNO3S/c1-13(2,3)8(7-20)6-19-12-10(14)4-9(15)5-11(12)16(17)18/h4-5,8,20H,6-7H2,1-3H3. The minimum Gasteiger partial charge on any atom is -0.486 e. The molecule has 0 aromatic heterocycles. The van der Waals surface area contributed by atoms with Crippen LogP contribution in [0.3, 0.4) is 0 Å². The number of nitrogens with zero attached hydrogens (tertiary/aromatic N) is 1. The van der Waals surface area contributed by atoms with E-state index in [2.05, 4.69) is 49.3 Å². The summed E-state index contributed by atoms with van der Waals surface area (Å²) in [5.41, 5.74) is -0.133. The molecule has 1 rings (SSSR count). The number of rotatable bonds is 5. The molecule has 0 radical (unpaired) electrons. The molecule has 1 aromatic carbocycles. The van der Waals surface area contributed by atoms with Crippen LogP contribution in [0.25, 0.3) is 0 Å². The molecular formula is C13H17BrClNO3S. The van der Waals surface area contributed by atoms with Gasteiger partial charge in [-0.2, -0.15) is 12.6 Å². The van der Waals surface area contributed by atoms with Crippen molar-refractivity contribution in [2.24, 2.45) is 11.3 Å². The Hall–Kier alpha value is -0.460. The summed E-state index contributed by atoms with van der Waals surface area (Å²) in [6, 6.07) is 2.87. The third-order valence-corrected chi connectivity index (χ3v) is 4.31. The van der Waals surface area contributed by atoms with Crippen molar-refractivity contribution in [1.82, 2.24) is 0 Å². The molecule has 20 heavy (non-hydrogen) atoms. The fourth-order valence-corrected chi connectivity index (χ4v) is 3.15. The molecule has 0 aliphatic carbocycles. The Morgan fingerprint density at radius 2 is 2.10 bits per heavy atom. The first-order chi connectivity index (χ1) is 9.16. The number of nitro groups is 1. The molecule has 112 valence electrons. The molecule has 1 atom stereocenters. The summed E-state index contributed by atoms with van der Waals surface area (Å²) in [4.78, 5) is 10.6. The second kappa shape index (κ2) is 7.00. The van der Waals surface area contributed by atoms with E-state index in [0.717, 1.165) is 0 Å². The van der Waals surface area contributed by atoms with Gasteiger partial charge in [-0.3, -0.25) is 10.1 Å². The van der Waals surface area contributed by atoms with E-state index in [-0.39, 0.29) is 27.8 Å². The van der Waals surface area contributed by atoms with Crippen LogP contribution >= 0.6 is 40.2 Å². The van der Waals surface area contributed by atoms with Crippen LogP contribution in [0, 0.1) is 21.4 Å². The van der Waals surface area contributed by atoms with Gasteiger partial charge in [-0.25, -0.2) is 0 Å². The van der Waals surface area contributed by atoms with Crippen molar-refractivity contribution in [2.45, 2.75) is 20.8 Å². The zero-order chi connectivity index (χ0) is 15.5. The molecule has 0 aliphatic rings. The van der Waals surface area contributed by atoms with Crippen LogP contribution in [-0.4, -0.2) is 17.3 Å². The van der Waals surface area contributed by atoms with Gasteiger partial charge in [0, 0.05) is 17.0 Å². The fourth-order valence-electron chi connectivity index (χ4n) is 1.59. The molecular weight excluding hydrogens is 366 g/mol. The van der Waals surface area contributed by atoms with E-state index in [1.54, 1.807) is 6.07 Å². The normalized spacial score (nSPS) is 13.1. The first-order valence-corrected chi connectivity index (χ1v) is 7.84. The molecule has 4 nitrogen and oxygen atoms in total. The van der Waals surface area contributed by atoms with E-state index in [1.807, 2.05) is 0 Å². The Morgan fingerprint density at radius 1 is 1.50 bits per heavy atom. The smallest absolute Gasteiger partial charge is 0.313 e. The molecule has 0 fully saturated rings. The monoisotopic (exact) mass is 381 g/mol.